The molecule has 2 fully saturated rings. The lowest BCUT2D eigenvalue weighted by atomic mass is 10.1. The number of aliphatic hydroxyl groups is 1. The van der Waals surface area contributed by atoms with Gasteiger partial charge in [-0.05, 0) is 12.1 Å². The van der Waals surface area contributed by atoms with Gasteiger partial charge in [-0.15, -0.1) is 0 Å². The van der Waals surface area contributed by atoms with E-state index in [4.69, 9.17) is 14.2 Å². The fourth-order valence-electron chi connectivity index (χ4n) is 2.23. The van der Waals surface area contributed by atoms with E-state index in [-0.39, 0.29) is 19.3 Å². The second kappa shape index (κ2) is 4.64. The molecule has 2 aliphatic rings. The van der Waals surface area contributed by atoms with Crippen LogP contribution in [-0.2, 0) is 14.2 Å². The highest BCUT2D eigenvalue weighted by atomic mass is 16.6. The monoisotopic (exact) mass is 251 g/mol. The van der Waals surface area contributed by atoms with Crippen molar-refractivity contribution in [1.29, 1.82) is 0 Å². The smallest absolute Gasteiger partial charge is 0.340 e. The molecule has 2 aliphatic heterocycles. The zero-order chi connectivity index (χ0) is 12.5. The maximum Gasteiger partial charge on any atom is 0.340 e. The van der Waals surface area contributed by atoms with E-state index >= 15 is 0 Å². The molecule has 0 aliphatic carbocycles. The minimum atomic E-state index is -0.642. The van der Waals surface area contributed by atoms with Gasteiger partial charge in [0, 0.05) is 12.4 Å². The number of hydrogen-bond donors (Lipinski definition) is 1. The Hall–Kier alpha value is -1.50. The molecular formula is C12H13NO5. The zero-order valence-corrected chi connectivity index (χ0v) is 9.56. The molecule has 0 radical (unpaired) electrons. The van der Waals surface area contributed by atoms with Crippen LogP contribution in [0.3, 0.4) is 0 Å². The summed E-state index contributed by atoms with van der Waals surface area (Å²) in [4.78, 5) is 15.7. The molecule has 0 spiro atoms. The minimum Gasteiger partial charge on any atom is -0.453 e. The van der Waals surface area contributed by atoms with Crippen LogP contribution in [0.1, 0.15) is 10.4 Å². The van der Waals surface area contributed by atoms with E-state index in [1.54, 1.807) is 18.3 Å². The third kappa shape index (κ3) is 1.98. The van der Waals surface area contributed by atoms with Gasteiger partial charge in [0.2, 0.25) is 0 Å². The van der Waals surface area contributed by atoms with Gasteiger partial charge in [-0.3, -0.25) is 4.98 Å². The maximum atomic E-state index is 11.8. The van der Waals surface area contributed by atoms with Crippen LogP contribution in [0.5, 0.6) is 0 Å². The summed E-state index contributed by atoms with van der Waals surface area (Å²) >= 11 is 0. The zero-order valence-electron chi connectivity index (χ0n) is 9.56. The first-order chi connectivity index (χ1) is 8.75. The summed E-state index contributed by atoms with van der Waals surface area (Å²) in [6.07, 6.45) is 1.15. The van der Waals surface area contributed by atoms with E-state index in [2.05, 4.69) is 4.98 Å². The van der Waals surface area contributed by atoms with Crippen molar-refractivity contribution in [2.75, 3.05) is 13.2 Å². The van der Waals surface area contributed by atoms with Crippen LogP contribution in [0.4, 0.5) is 0 Å². The highest BCUT2D eigenvalue weighted by Gasteiger charge is 2.48. The lowest BCUT2D eigenvalue weighted by Gasteiger charge is -2.16. The minimum absolute atomic E-state index is 0.219. The number of rotatable bonds is 2. The normalized spacial score (nSPS) is 34.3. The van der Waals surface area contributed by atoms with Crippen molar-refractivity contribution < 1.29 is 24.1 Å². The molecule has 96 valence electrons. The Bertz CT molecular complexity index is 437. The molecule has 0 amide bonds. The Kier molecular flexibility index (Phi) is 2.99. The lowest BCUT2D eigenvalue weighted by molar-refractivity contribution is -0.0209. The molecule has 1 aromatic rings. The third-order valence-corrected chi connectivity index (χ3v) is 3.14. The van der Waals surface area contributed by atoms with Crippen molar-refractivity contribution in [1.82, 2.24) is 4.98 Å². The first-order valence-electron chi connectivity index (χ1n) is 5.78. The quantitative estimate of drug-likeness (QED) is 0.731. The Balaban J connectivity index is 1.66. The van der Waals surface area contributed by atoms with Crippen LogP contribution >= 0.6 is 0 Å². The highest BCUT2D eigenvalue weighted by molar-refractivity contribution is 5.89. The molecule has 4 atom stereocenters. The first kappa shape index (κ1) is 11.6. The molecule has 1 aromatic heterocycles. The number of aliphatic hydroxyl groups excluding tert-OH is 1. The van der Waals surface area contributed by atoms with Crippen LogP contribution in [0, 0.1) is 0 Å². The molecular weight excluding hydrogens is 238 g/mol. The van der Waals surface area contributed by atoms with Gasteiger partial charge in [-0.1, -0.05) is 0 Å². The molecule has 0 aromatic carbocycles. The largest absolute Gasteiger partial charge is 0.453 e. The molecule has 2 saturated heterocycles. The van der Waals surface area contributed by atoms with Gasteiger partial charge < -0.3 is 19.3 Å². The van der Waals surface area contributed by atoms with Crippen molar-refractivity contribution in [3.63, 3.8) is 0 Å². The van der Waals surface area contributed by atoms with Crippen molar-refractivity contribution in [3.8, 4) is 0 Å². The molecule has 6 heteroatoms. The second-order valence-corrected chi connectivity index (χ2v) is 4.35. The van der Waals surface area contributed by atoms with Crippen LogP contribution in [0.2, 0.25) is 0 Å². The third-order valence-electron chi connectivity index (χ3n) is 3.14. The Morgan fingerprint density at radius 1 is 1.39 bits per heavy atom. The fourth-order valence-corrected chi connectivity index (χ4v) is 2.23. The van der Waals surface area contributed by atoms with E-state index in [1.807, 2.05) is 0 Å². The van der Waals surface area contributed by atoms with E-state index in [1.165, 1.54) is 6.20 Å². The highest BCUT2D eigenvalue weighted by Crippen LogP contribution is 2.29. The van der Waals surface area contributed by atoms with Gasteiger partial charge in [0.1, 0.15) is 18.3 Å². The van der Waals surface area contributed by atoms with Crippen molar-refractivity contribution >= 4 is 5.97 Å². The number of carbonyl (C=O) groups excluding carboxylic acids is 1. The maximum absolute atomic E-state index is 11.8. The Labute approximate surface area is 103 Å². The van der Waals surface area contributed by atoms with Gasteiger partial charge in [-0.25, -0.2) is 4.79 Å². The molecule has 3 heterocycles. The van der Waals surface area contributed by atoms with Gasteiger partial charge in [0.25, 0.3) is 0 Å². The van der Waals surface area contributed by atoms with E-state index in [0.29, 0.717) is 5.56 Å². The predicted octanol–water partition coefficient (Wildman–Crippen LogP) is -0.235. The summed E-state index contributed by atoms with van der Waals surface area (Å²) in [6, 6.07) is 3.30. The number of nitrogens with zero attached hydrogens (tertiary/aromatic N) is 1. The Morgan fingerprint density at radius 2 is 2.22 bits per heavy atom. The van der Waals surface area contributed by atoms with Crippen LogP contribution in [-0.4, -0.2) is 53.7 Å². The Morgan fingerprint density at radius 3 is 3.00 bits per heavy atom. The van der Waals surface area contributed by atoms with Crippen molar-refractivity contribution in [3.05, 3.63) is 30.1 Å². The number of esters is 1. The summed E-state index contributed by atoms with van der Waals surface area (Å²) in [5.41, 5.74) is 0.388. The number of pyridine rings is 1. The summed E-state index contributed by atoms with van der Waals surface area (Å²) < 4.78 is 16.1. The number of ether oxygens (including phenoxy) is 3. The standard InChI is InChI=1S/C12H13NO5/c14-8-5-16-11-9(6-17-10(8)11)18-12(15)7-2-1-3-13-4-7/h1-4,8-11,14H,5-6H2/t8-,9+,10+,11+/m0/s1. The number of hydrogen-bond acceptors (Lipinski definition) is 6. The van der Waals surface area contributed by atoms with Gasteiger partial charge >= 0.3 is 5.97 Å². The molecule has 6 nitrogen and oxygen atoms in total. The van der Waals surface area contributed by atoms with E-state index in [9.17, 15) is 9.90 Å². The average Bonchev–Trinajstić information content (AvgIpc) is 2.95. The number of fused-ring (bicyclic) bond motifs is 1. The van der Waals surface area contributed by atoms with Crippen LogP contribution < -0.4 is 0 Å². The van der Waals surface area contributed by atoms with Gasteiger partial charge in [-0.2, -0.15) is 0 Å². The molecule has 18 heavy (non-hydrogen) atoms. The number of carbonyl (C=O) groups is 1. The molecule has 1 N–H and O–H groups in total. The van der Waals surface area contributed by atoms with Crippen LogP contribution in [0.15, 0.2) is 24.5 Å². The average molecular weight is 251 g/mol. The molecule has 0 saturated carbocycles. The van der Waals surface area contributed by atoms with Crippen LogP contribution in [0.25, 0.3) is 0 Å². The predicted molar refractivity (Wildman–Crippen MR) is 58.9 cm³/mol. The summed E-state index contributed by atoms with van der Waals surface area (Å²) in [5, 5.41) is 9.57. The summed E-state index contributed by atoms with van der Waals surface area (Å²) in [7, 11) is 0. The van der Waals surface area contributed by atoms with E-state index < -0.39 is 24.3 Å². The van der Waals surface area contributed by atoms with Gasteiger partial charge in [0.05, 0.1) is 18.8 Å². The van der Waals surface area contributed by atoms with Crippen molar-refractivity contribution in [2.24, 2.45) is 0 Å². The molecule has 0 bridgehead atoms. The lowest BCUT2D eigenvalue weighted by Crippen LogP contribution is -2.34. The van der Waals surface area contributed by atoms with E-state index in [0.717, 1.165) is 0 Å². The topological polar surface area (TPSA) is 77.9 Å². The fraction of sp³-hybridized carbons (Fsp3) is 0.500. The second-order valence-electron chi connectivity index (χ2n) is 4.35. The summed E-state index contributed by atoms with van der Waals surface area (Å²) in [6.45, 7) is 0.467. The SMILES string of the molecule is O=C(O[C@@H]1CO[C@H]2[C@@H]1OC[C@@H]2O)c1cccnc1. The van der Waals surface area contributed by atoms with Gasteiger partial charge in [0.15, 0.2) is 6.10 Å². The number of aromatic nitrogens is 1. The molecule has 0 unspecified atom stereocenters. The summed E-state index contributed by atoms with van der Waals surface area (Å²) in [5.74, 6) is -0.456. The molecule has 3 rings (SSSR count). The van der Waals surface area contributed by atoms with Crippen molar-refractivity contribution in [2.45, 2.75) is 24.4 Å². The first-order valence-corrected chi connectivity index (χ1v) is 5.78.